The van der Waals surface area contributed by atoms with Gasteiger partial charge in [-0.1, -0.05) is 48.5 Å². The zero-order chi connectivity index (χ0) is 18.1. The Bertz CT molecular complexity index is 935. The lowest BCUT2D eigenvalue weighted by molar-refractivity contribution is -0.138. The molecule has 4 rings (SSSR count). The molecule has 26 heavy (non-hydrogen) atoms. The van der Waals surface area contributed by atoms with Gasteiger partial charge in [0.05, 0.1) is 5.56 Å². The molecule has 0 aliphatic carbocycles. The largest absolute Gasteiger partial charge is 0.449 e. The third-order valence-corrected chi connectivity index (χ3v) is 5.02. The fraction of sp³-hybridized carbons (Fsp3) is 0.273. The van der Waals surface area contributed by atoms with Crippen molar-refractivity contribution in [1.82, 2.24) is 4.90 Å². The summed E-state index contributed by atoms with van der Waals surface area (Å²) in [7, 11) is 0. The van der Waals surface area contributed by atoms with Crippen LogP contribution in [0.25, 0.3) is 21.5 Å². The molecular formula is C22H21NO3. The van der Waals surface area contributed by atoms with Crippen LogP contribution in [0.4, 0.5) is 0 Å². The molecule has 0 saturated carbocycles. The lowest BCUT2D eigenvalue weighted by Gasteiger charge is -2.21. The van der Waals surface area contributed by atoms with E-state index in [1.165, 1.54) is 0 Å². The van der Waals surface area contributed by atoms with Crippen molar-refractivity contribution in [2.45, 2.75) is 25.9 Å². The molecule has 1 amide bonds. The molecule has 1 aliphatic heterocycles. The zero-order valence-corrected chi connectivity index (χ0v) is 14.8. The van der Waals surface area contributed by atoms with Crippen LogP contribution in [0, 0.1) is 0 Å². The van der Waals surface area contributed by atoms with Gasteiger partial charge in [-0.25, -0.2) is 4.79 Å². The van der Waals surface area contributed by atoms with E-state index in [9.17, 15) is 9.59 Å². The maximum absolute atomic E-state index is 13.0. The first-order valence-electron chi connectivity index (χ1n) is 9.05. The summed E-state index contributed by atoms with van der Waals surface area (Å²) in [5.74, 6) is -0.557. The molecule has 0 unspecified atom stereocenters. The van der Waals surface area contributed by atoms with E-state index in [0.717, 1.165) is 47.5 Å². The molecule has 4 nitrogen and oxygen atoms in total. The molecule has 0 aromatic heterocycles. The van der Waals surface area contributed by atoms with E-state index >= 15 is 0 Å². The van der Waals surface area contributed by atoms with Crippen LogP contribution >= 0.6 is 0 Å². The minimum atomic E-state index is -0.779. The number of ether oxygens (including phenoxy) is 1. The standard InChI is InChI=1S/C22H21NO3/c1-15(21(24)23-12-6-7-13-23)26-22(25)20-18-10-4-2-8-16(18)14-17-9-3-5-11-19(17)20/h2-5,8-11,14-15H,6-7,12-13H2,1H3/t15-/m1/s1. The lowest BCUT2D eigenvalue weighted by atomic mass is 9.97. The summed E-state index contributed by atoms with van der Waals surface area (Å²) < 4.78 is 5.60. The maximum atomic E-state index is 13.0. The molecule has 0 N–H and O–H groups in total. The minimum absolute atomic E-state index is 0.111. The smallest absolute Gasteiger partial charge is 0.340 e. The van der Waals surface area contributed by atoms with Crippen molar-refractivity contribution in [2.24, 2.45) is 0 Å². The van der Waals surface area contributed by atoms with E-state index < -0.39 is 12.1 Å². The van der Waals surface area contributed by atoms with Gasteiger partial charge in [0.2, 0.25) is 0 Å². The Labute approximate surface area is 152 Å². The van der Waals surface area contributed by atoms with Crippen LogP contribution in [0.5, 0.6) is 0 Å². The highest BCUT2D eigenvalue weighted by Gasteiger charge is 2.27. The number of nitrogens with zero attached hydrogens (tertiary/aromatic N) is 1. The van der Waals surface area contributed by atoms with Crippen molar-refractivity contribution < 1.29 is 14.3 Å². The molecule has 132 valence electrons. The molecule has 0 bridgehead atoms. The minimum Gasteiger partial charge on any atom is -0.449 e. The summed E-state index contributed by atoms with van der Waals surface area (Å²) in [5.41, 5.74) is 0.528. The first-order valence-corrected chi connectivity index (χ1v) is 9.05. The highest BCUT2D eigenvalue weighted by atomic mass is 16.5. The van der Waals surface area contributed by atoms with Gasteiger partial charge in [0.25, 0.3) is 5.91 Å². The molecule has 1 atom stereocenters. The van der Waals surface area contributed by atoms with Gasteiger partial charge in [0.1, 0.15) is 0 Å². The average Bonchev–Trinajstić information content (AvgIpc) is 3.19. The number of esters is 1. The quantitative estimate of drug-likeness (QED) is 0.528. The number of benzene rings is 3. The van der Waals surface area contributed by atoms with Gasteiger partial charge < -0.3 is 9.64 Å². The van der Waals surface area contributed by atoms with Gasteiger partial charge >= 0.3 is 5.97 Å². The average molecular weight is 347 g/mol. The van der Waals surface area contributed by atoms with Gasteiger partial charge in [-0.05, 0) is 47.4 Å². The van der Waals surface area contributed by atoms with Crippen molar-refractivity contribution in [3.8, 4) is 0 Å². The highest BCUT2D eigenvalue weighted by molar-refractivity contribution is 6.16. The van der Waals surface area contributed by atoms with E-state index in [-0.39, 0.29) is 5.91 Å². The van der Waals surface area contributed by atoms with Crippen LogP contribution in [0.1, 0.15) is 30.1 Å². The Morgan fingerprint density at radius 3 is 2.04 bits per heavy atom. The Morgan fingerprint density at radius 2 is 1.46 bits per heavy atom. The number of hydrogen-bond donors (Lipinski definition) is 0. The number of carbonyl (C=O) groups is 2. The first kappa shape index (κ1) is 16.6. The predicted molar refractivity (Wildman–Crippen MR) is 102 cm³/mol. The van der Waals surface area contributed by atoms with Crippen LogP contribution in [-0.2, 0) is 9.53 Å². The molecule has 1 heterocycles. The van der Waals surface area contributed by atoms with Gasteiger partial charge in [0, 0.05) is 13.1 Å². The lowest BCUT2D eigenvalue weighted by Crippen LogP contribution is -2.38. The Hall–Kier alpha value is -2.88. The summed E-state index contributed by atoms with van der Waals surface area (Å²) >= 11 is 0. The van der Waals surface area contributed by atoms with Crippen molar-refractivity contribution in [1.29, 1.82) is 0 Å². The van der Waals surface area contributed by atoms with Crippen LogP contribution in [0.2, 0.25) is 0 Å². The number of carbonyl (C=O) groups excluding carboxylic acids is 2. The molecule has 3 aromatic carbocycles. The van der Waals surface area contributed by atoms with Crippen molar-refractivity contribution in [3.63, 3.8) is 0 Å². The third-order valence-electron chi connectivity index (χ3n) is 5.02. The molecule has 0 spiro atoms. The summed E-state index contributed by atoms with van der Waals surface area (Å²) in [6.07, 6.45) is 1.25. The molecule has 1 fully saturated rings. The summed E-state index contributed by atoms with van der Waals surface area (Å²) in [6, 6.07) is 17.6. The topological polar surface area (TPSA) is 46.6 Å². The molecule has 3 aromatic rings. The van der Waals surface area contributed by atoms with Crippen LogP contribution in [-0.4, -0.2) is 36.0 Å². The monoisotopic (exact) mass is 347 g/mol. The van der Waals surface area contributed by atoms with E-state index in [1.807, 2.05) is 48.5 Å². The predicted octanol–water partition coefficient (Wildman–Crippen LogP) is 4.16. The molecule has 4 heteroatoms. The normalized spacial score (nSPS) is 15.3. The van der Waals surface area contributed by atoms with E-state index in [1.54, 1.807) is 11.8 Å². The van der Waals surface area contributed by atoms with Crippen LogP contribution in [0.3, 0.4) is 0 Å². The Kier molecular flexibility index (Phi) is 4.33. The second kappa shape index (κ2) is 6.79. The van der Waals surface area contributed by atoms with Crippen molar-refractivity contribution in [3.05, 3.63) is 60.2 Å². The van der Waals surface area contributed by atoms with Gasteiger partial charge in [0.15, 0.2) is 6.10 Å². The molecule has 1 saturated heterocycles. The Balaban J connectivity index is 1.72. The zero-order valence-electron chi connectivity index (χ0n) is 14.8. The van der Waals surface area contributed by atoms with E-state index in [0.29, 0.717) is 5.56 Å². The van der Waals surface area contributed by atoms with E-state index in [2.05, 4.69) is 6.07 Å². The number of fused-ring (bicyclic) bond motifs is 2. The maximum Gasteiger partial charge on any atom is 0.340 e. The first-order chi connectivity index (χ1) is 12.6. The third kappa shape index (κ3) is 2.92. The van der Waals surface area contributed by atoms with Gasteiger partial charge in [-0.2, -0.15) is 0 Å². The van der Waals surface area contributed by atoms with Crippen molar-refractivity contribution >= 4 is 33.4 Å². The molecule has 0 radical (unpaired) electrons. The Morgan fingerprint density at radius 1 is 0.923 bits per heavy atom. The number of likely N-dealkylation sites (tertiary alicyclic amines) is 1. The summed E-state index contributed by atoms with van der Waals surface area (Å²) in [6.45, 7) is 3.15. The van der Waals surface area contributed by atoms with Crippen LogP contribution < -0.4 is 0 Å². The second-order valence-electron chi connectivity index (χ2n) is 6.77. The summed E-state index contributed by atoms with van der Waals surface area (Å²) in [4.78, 5) is 27.3. The number of rotatable bonds is 3. The van der Waals surface area contributed by atoms with Gasteiger partial charge in [-0.15, -0.1) is 0 Å². The second-order valence-corrected chi connectivity index (χ2v) is 6.77. The fourth-order valence-corrected chi connectivity index (χ4v) is 3.70. The number of amides is 1. The molecule has 1 aliphatic rings. The van der Waals surface area contributed by atoms with Crippen LogP contribution in [0.15, 0.2) is 54.6 Å². The van der Waals surface area contributed by atoms with E-state index in [4.69, 9.17) is 4.74 Å². The molecular weight excluding hydrogens is 326 g/mol. The SMILES string of the molecule is C[C@@H](OC(=O)c1c2ccccc2cc2ccccc12)C(=O)N1CCCC1. The highest BCUT2D eigenvalue weighted by Crippen LogP contribution is 2.29. The summed E-state index contributed by atoms with van der Waals surface area (Å²) in [5, 5.41) is 3.65. The van der Waals surface area contributed by atoms with Crippen molar-refractivity contribution in [2.75, 3.05) is 13.1 Å². The number of hydrogen-bond acceptors (Lipinski definition) is 3. The van der Waals surface area contributed by atoms with Gasteiger partial charge in [-0.3, -0.25) is 4.79 Å². The fourth-order valence-electron chi connectivity index (χ4n) is 3.70.